The Labute approximate surface area is 801 Å². The number of carbonyl (C=O) groups excluding carboxylic acids is 5. The highest BCUT2D eigenvalue weighted by molar-refractivity contribution is 6.07. The number of aromatic carboxylic acids is 1. The van der Waals surface area contributed by atoms with Crippen molar-refractivity contribution in [2.75, 3.05) is 245 Å². The molecule has 6 atom stereocenters. The molecule has 12 aliphatic rings. The maximum atomic E-state index is 13.4. The van der Waals surface area contributed by atoms with Gasteiger partial charge in [0.05, 0.1) is 79.3 Å². The van der Waals surface area contributed by atoms with E-state index in [9.17, 15) is 33.9 Å². The number of rotatable bonds is 35. The predicted octanol–water partition coefficient (Wildman–Crippen LogP) is 8.61. The molecule has 740 valence electrons. The van der Waals surface area contributed by atoms with Gasteiger partial charge in [-0.1, -0.05) is 20.8 Å². The Morgan fingerprint density at radius 3 is 0.971 bits per heavy atom. The maximum Gasteiger partial charge on any atom is 0.336 e. The lowest BCUT2D eigenvalue weighted by Crippen LogP contribution is -2.54. The van der Waals surface area contributed by atoms with Gasteiger partial charge in [-0.25, -0.2) is 19.7 Å². The number of nitrogens with zero attached hydrogens (tertiary/aromatic N) is 18. The minimum absolute atomic E-state index is 0.0264. The van der Waals surface area contributed by atoms with Crippen LogP contribution in [0.25, 0.3) is 0 Å². The van der Waals surface area contributed by atoms with Crippen LogP contribution in [0, 0.1) is 17.8 Å². The van der Waals surface area contributed by atoms with Crippen LogP contribution >= 0.6 is 0 Å². The fraction of sp³-hybridized carbons (Fsp3) is 0.636. The number of ether oxygens (including phenoxy) is 6. The van der Waals surface area contributed by atoms with Crippen LogP contribution in [0.2, 0.25) is 0 Å². The molecule has 6 fully saturated rings. The van der Waals surface area contributed by atoms with Crippen molar-refractivity contribution >= 4 is 105 Å². The van der Waals surface area contributed by atoms with E-state index in [2.05, 4.69) is 108 Å². The molecule has 8 N–H and O–H groups in total. The van der Waals surface area contributed by atoms with Gasteiger partial charge in [0.1, 0.15) is 52.4 Å². The smallest absolute Gasteiger partial charge is 0.336 e. The molecule has 6 aromatic rings. The van der Waals surface area contributed by atoms with Gasteiger partial charge in [0.2, 0.25) is 35.6 Å². The number of hydrogen-bond acceptors (Lipinski definition) is 31. The van der Waals surface area contributed by atoms with E-state index in [1.807, 2.05) is 63.8 Å². The van der Waals surface area contributed by atoms with Crippen LogP contribution in [0.3, 0.4) is 0 Å². The van der Waals surface area contributed by atoms with Crippen LogP contribution < -0.4 is 75.9 Å². The van der Waals surface area contributed by atoms with Gasteiger partial charge in [0.15, 0.2) is 17.5 Å². The third-order valence-electron chi connectivity index (χ3n) is 28.5. The first-order valence-electron chi connectivity index (χ1n) is 49.6. The molecule has 3 aromatic heterocycles. The summed E-state index contributed by atoms with van der Waals surface area (Å²) in [7, 11) is 10.5. The van der Waals surface area contributed by atoms with E-state index in [0.717, 1.165) is 113 Å². The fourth-order valence-electron chi connectivity index (χ4n) is 20.1. The number of nitrogens with two attached hydrogens (primary N) is 1. The molecular formula is C99H146N24O13. The number of carbonyl (C=O) groups is 6. The highest BCUT2D eigenvalue weighted by Crippen LogP contribution is 2.46. The predicted molar refractivity (Wildman–Crippen MR) is 528 cm³/mol. The third-order valence-corrected chi connectivity index (χ3v) is 28.5. The van der Waals surface area contributed by atoms with Gasteiger partial charge >= 0.3 is 5.97 Å². The zero-order chi connectivity index (χ0) is 96.3. The number of methoxy groups -OCH3 is 3. The third kappa shape index (κ3) is 23.6. The number of likely N-dealkylation sites (N-methyl/N-ethyl adjacent to an activating group) is 3. The number of hydrogen-bond donors (Lipinski definition) is 7. The van der Waals surface area contributed by atoms with Crippen molar-refractivity contribution in [2.45, 2.75) is 194 Å². The lowest BCUT2D eigenvalue weighted by molar-refractivity contribution is -0.120. The number of carboxylic acids is 1. The molecule has 3 aliphatic carbocycles. The molecule has 9 aliphatic heterocycles. The van der Waals surface area contributed by atoms with Gasteiger partial charge < -0.3 is 110 Å². The standard InChI is InChI=1S/2C33H48N8O4.C21H25N5O4.C12H25N3O/c2*1-6-27-32(43)38(4)28-18-35-33(37-30(28)41(27)21(2)3)36-26-10-9-25(24-11-16-45-29(24)26)31(42)34-17-23(44-5)20-40-14-12-39(13-15-40)19-22-7-8-22;1-5-15-19(27)25(4)16-10-22-21(24-18(16)26(15)11(2)3)23-14-7-6-13(20(28)29)12-8-9-30-17(12)14;1-16-12(8-13)10-15-6-4-14(5-7-15)9-11-2-3-11/h2*9-10,18,21-23,27H,6-8,11-17,19-20H2,1-5H3,(H,34,42)(H,35,36,37);6-7,10-11,15H,5,8-9H2,1-4H3,(H,28,29)(H,22,23,24);11-12H,2-10,13H2,1H3/t2*23-,27+;15-;12-/m0010/s1. The number of carboxylic acid groups (broad SMARTS) is 1. The monoisotopic (exact) mass is 1880 g/mol. The molecular weight excluding hydrogens is 1730 g/mol. The average Bonchev–Trinajstić information content (AvgIpc) is 1.62. The topological polar surface area (TPSA) is 380 Å². The van der Waals surface area contributed by atoms with E-state index < -0.39 is 5.97 Å². The minimum Gasteiger partial charge on any atom is -0.491 e. The van der Waals surface area contributed by atoms with E-state index in [1.54, 1.807) is 87.9 Å². The van der Waals surface area contributed by atoms with Crippen LogP contribution in [0.4, 0.5) is 69.4 Å². The summed E-state index contributed by atoms with van der Waals surface area (Å²) in [6, 6.07) is 10.0. The van der Waals surface area contributed by atoms with Crippen LogP contribution in [0.1, 0.15) is 168 Å². The first kappa shape index (κ1) is 100.0. The number of piperazine rings is 3. The first-order chi connectivity index (χ1) is 65.7. The molecule has 12 heterocycles. The molecule has 0 bridgehead atoms. The molecule has 0 radical (unpaired) electrons. The number of benzene rings is 3. The Bertz CT molecular complexity index is 4940. The zero-order valence-electron chi connectivity index (χ0n) is 82.6. The van der Waals surface area contributed by atoms with Gasteiger partial charge in [0.25, 0.3) is 11.8 Å². The van der Waals surface area contributed by atoms with Crippen molar-refractivity contribution in [1.29, 1.82) is 0 Å². The molecule has 37 nitrogen and oxygen atoms in total. The second-order valence-corrected chi connectivity index (χ2v) is 38.9. The largest absolute Gasteiger partial charge is 0.491 e. The summed E-state index contributed by atoms with van der Waals surface area (Å²) in [5, 5.41) is 25.4. The lowest BCUT2D eigenvalue weighted by atomic mass is 10.0. The second-order valence-electron chi connectivity index (χ2n) is 38.9. The summed E-state index contributed by atoms with van der Waals surface area (Å²) >= 11 is 0. The average molecular weight is 1880 g/mol. The Morgan fingerprint density at radius 2 is 0.706 bits per heavy atom. The van der Waals surface area contributed by atoms with Crippen molar-refractivity contribution in [1.82, 2.24) is 69.9 Å². The molecule has 3 aromatic carbocycles. The van der Waals surface area contributed by atoms with Gasteiger partial charge in [-0.2, -0.15) is 15.0 Å². The van der Waals surface area contributed by atoms with Crippen LogP contribution in [-0.4, -0.2) is 354 Å². The number of aromatic nitrogens is 6. The number of anilines is 12. The minimum atomic E-state index is -0.973. The Balaban J connectivity index is 0.000000145. The number of fused-ring (bicyclic) bond motifs is 6. The molecule has 3 saturated heterocycles. The fourth-order valence-corrected chi connectivity index (χ4v) is 20.1. The molecule has 18 rings (SSSR count). The van der Waals surface area contributed by atoms with E-state index in [1.165, 1.54) is 84.3 Å². The number of amides is 5. The summed E-state index contributed by atoms with van der Waals surface area (Å²) in [6.45, 7) is 41.1. The molecule has 0 spiro atoms. The highest BCUT2D eigenvalue weighted by Gasteiger charge is 2.44. The molecule has 3 saturated carbocycles. The summed E-state index contributed by atoms with van der Waals surface area (Å²) in [5.41, 5.74) is 13.6. The molecule has 5 amide bonds. The van der Waals surface area contributed by atoms with Crippen molar-refractivity contribution < 1.29 is 62.3 Å². The summed E-state index contributed by atoms with van der Waals surface area (Å²) in [4.78, 5) is 131. The second kappa shape index (κ2) is 45.4. The summed E-state index contributed by atoms with van der Waals surface area (Å²) in [6.07, 6.45) is 17.4. The molecule has 136 heavy (non-hydrogen) atoms. The van der Waals surface area contributed by atoms with Gasteiger partial charge in [0, 0.05) is 245 Å². The maximum absolute atomic E-state index is 13.4. The van der Waals surface area contributed by atoms with Crippen LogP contribution in [0.15, 0.2) is 55.0 Å². The van der Waals surface area contributed by atoms with Gasteiger partial charge in [-0.3, -0.25) is 38.7 Å². The lowest BCUT2D eigenvalue weighted by Gasteiger charge is -2.42. The Hall–Kier alpha value is -10.5. The van der Waals surface area contributed by atoms with E-state index in [4.69, 9.17) is 49.1 Å². The van der Waals surface area contributed by atoms with E-state index >= 15 is 0 Å². The highest BCUT2D eigenvalue weighted by atomic mass is 16.5. The van der Waals surface area contributed by atoms with Crippen molar-refractivity contribution in [3.05, 3.63) is 88.4 Å². The van der Waals surface area contributed by atoms with Gasteiger partial charge in [-0.15, -0.1) is 0 Å². The van der Waals surface area contributed by atoms with Crippen molar-refractivity contribution in [3.8, 4) is 17.2 Å². The Morgan fingerprint density at radius 1 is 0.426 bits per heavy atom. The van der Waals surface area contributed by atoms with E-state index in [-0.39, 0.29) is 89.7 Å². The van der Waals surface area contributed by atoms with Crippen molar-refractivity contribution in [3.63, 3.8) is 0 Å². The van der Waals surface area contributed by atoms with Crippen LogP contribution in [-0.2, 0) is 47.9 Å². The van der Waals surface area contributed by atoms with Gasteiger partial charge in [-0.05, 0) is 153 Å². The summed E-state index contributed by atoms with van der Waals surface area (Å²) in [5.74, 6) is 6.87. The molecule has 37 heteroatoms. The van der Waals surface area contributed by atoms with Crippen LogP contribution in [0.5, 0.6) is 17.2 Å². The molecule has 0 unspecified atom stereocenters. The normalized spacial score (nSPS) is 20.8. The zero-order valence-corrected chi connectivity index (χ0v) is 82.6. The number of nitrogens with one attached hydrogen (secondary N) is 5. The van der Waals surface area contributed by atoms with Crippen molar-refractivity contribution in [2.24, 2.45) is 23.5 Å². The summed E-state index contributed by atoms with van der Waals surface area (Å²) < 4.78 is 34.6. The SMILES string of the molecule is CC[C@@H]1C(=O)N(C)c2cnc(Nc3ccc(C(=O)NC[C@@H](CN4CCN(CC5CC5)CC4)OC)c4c3OCC4)nc2N1C(C)C.CC[C@@H]1C(=O)N(C)c2cnc(Nc3ccc(C(=O)NC[C@@H](CN4CCN(CC5CC5)CC4)OC)c4c3OCC4)nc2N1C(C)C.CC[C@@H]1C(=O)N(C)c2cnc(Nc3ccc(C(=O)O)c4c3OCC4)nc2N1C(C)C.CO[C@@H](CN)CN1CCN(CC2CC2)CC1. The Kier molecular flexibility index (Phi) is 33.4. The quantitative estimate of drug-likeness (QED) is 0.0196. The first-order valence-corrected chi connectivity index (χ1v) is 49.6. The van der Waals surface area contributed by atoms with E-state index in [0.29, 0.717) is 170 Å².